The molecular weight excluding hydrogens is 302 g/mol. The lowest BCUT2D eigenvalue weighted by atomic mass is 10.1. The summed E-state index contributed by atoms with van der Waals surface area (Å²) in [7, 11) is 0. The summed E-state index contributed by atoms with van der Waals surface area (Å²) in [5, 5.41) is 3.21. The first kappa shape index (κ1) is 14.8. The number of nitrogens with zero attached hydrogens (tertiary/aromatic N) is 5. The van der Waals surface area contributed by atoms with E-state index in [9.17, 15) is 0 Å². The molecule has 7 heteroatoms. The number of anilines is 2. The van der Waals surface area contributed by atoms with Crippen molar-refractivity contribution in [1.82, 2.24) is 29.8 Å². The Morgan fingerprint density at radius 2 is 2.08 bits per heavy atom. The standard InChI is InChI=1S/C17H19N7/c1-2-15(24(7-1)11-14-9-19-12-22-14)13-3-4-20-16(8-13)23-17-10-18-5-6-21-17/h3-6,8-10,12,15H,1-2,7,11H2,(H,19,22)(H,20,21,23). The number of aromatic amines is 1. The lowest BCUT2D eigenvalue weighted by Gasteiger charge is -2.24. The Labute approximate surface area is 140 Å². The average Bonchev–Trinajstić information content (AvgIpc) is 3.28. The van der Waals surface area contributed by atoms with Gasteiger partial charge in [-0.3, -0.25) is 9.88 Å². The van der Waals surface area contributed by atoms with Crippen LogP contribution in [0.1, 0.15) is 30.1 Å². The van der Waals surface area contributed by atoms with Crippen LogP contribution in [-0.4, -0.2) is 36.4 Å². The highest BCUT2D eigenvalue weighted by Gasteiger charge is 2.26. The molecule has 3 aromatic heterocycles. The van der Waals surface area contributed by atoms with Gasteiger partial charge in [0.1, 0.15) is 11.6 Å². The lowest BCUT2D eigenvalue weighted by molar-refractivity contribution is 0.246. The zero-order valence-electron chi connectivity index (χ0n) is 13.3. The van der Waals surface area contributed by atoms with Gasteiger partial charge in [-0.2, -0.15) is 0 Å². The molecule has 3 aromatic rings. The van der Waals surface area contributed by atoms with E-state index in [0.29, 0.717) is 11.9 Å². The van der Waals surface area contributed by atoms with Crippen LogP contribution >= 0.6 is 0 Å². The van der Waals surface area contributed by atoms with Gasteiger partial charge in [0.2, 0.25) is 0 Å². The molecule has 7 nitrogen and oxygen atoms in total. The number of pyridine rings is 1. The predicted octanol–water partition coefficient (Wildman–Crippen LogP) is 2.68. The quantitative estimate of drug-likeness (QED) is 0.752. The molecule has 2 N–H and O–H groups in total. The van der Waals surface area contributed by atoms with E-state index < -0.39 is 0 Å². The minimum atomic E-state index is 0.402. The van der Waals surface area contributed by atoms with E-state index >= 15 is 0 Å². The van der Waals surface area contributed by atoms with Crippen molar-refractivity contribution in [2.75, 3.05) is 11.9 Å². The molecule has 1 saturated heterocycles. The second kappa shape index (κ2) is 6.76. The maximum atomic E-state index is 4.39. The van der Waals surface area contributed by atoms with E-state index in [1.54, 1.807) is 24.9 Å². The summed E-state index contributed by atoms with van der Waals surface area (Å²) in [6.07, 6.45) is 12.8. The van der Waals surface area contributed by atoms with Gasteiger partial charge in [-0.15, -0.1) is 0 Å². The van der Waals surface area contributed by atoms with Gasteiger partial charge < -0.3 is 10.3 Å². The Kier molecular flexibility index (Phi) is 4.16. The highest BCUT2D eigenvalue weighted by atomic mass is 15.2. The molecule has 122 valence electrons. The molecule has 4 rings (SSSR count). The first-order chi connectivity index (χ1) is 11.9. The molecule has 0 bridgehead atoms. The molecule has 1 aliphatic rings. The molecule has 0 aliphatic carbocycles. The van der Waals surface area contributed by atoms with Crippen LogP contribution in [0.2, 0.25) is 0 Å². The zero-order chi connectivity index (χ0) is 16.2. The van der Waals surface area contributed by atoms with Gasteiger partial charge in [-0.1, -0.05) is 0 Å². The molecule has 1 atom stereocenters. The minimum Gasteiger partial charge on any atom is -0.347 e. The first-order valence-electron chi connectivity index (χ1n) is 8.09. The molecule has 0 aromatic carbocycles. The van der Waals surface area contributed by atoms with Crippen LogP contribution in [0.4, 0.5) is 11.6 Å². The topological polar surface area (TPSA) is 82.6 Å². The van der Waals surface area contributed by atoms with Gasteiger partial charge in [-0.25, -0.2) is 15.0 Å². The second-order valence-corrected chi connectivity index (χ2v) is 5.90. The summed E-state index contributed by atoms with van der Waals surface area (Å²) in [4.78, 5) is 22.5. The summed E-state index contributed by atoms with van der Waals surface area (Å²) >= 11 is 0. The molecule has 1 unspecified atom stereocenters. The molecule has 0 radical (unpaired) electrons. The van der Waals surface area contributed by atoms with Crippen molar-refractivity contribution in [1.29, 1.82) is 0 Å². The number of nitrogens with one attached hydrogen (secondary N) is 2. The molecule has 1 fully saturated rings. The SMILES string of the molecule is c1cnc(Nc2cc(C3CCCN3Cc3cnc[nH]3)ccn2)cn1. The van der Waals surface area contributed by atoms with Crippen LogP contribution in [0.25, 0.3) is 0 Å². The Morgan fingerprint density at radius 3 is 2.92 bits per heavy atom. The van der Waals surface area contributed by atoms with Crippen molar-refractivity contribution < 1.29 is 0 Å². The highest BCUT2D eigenvalue weighted by molar-refractivity contribution is 5.51. The summed E-state index contributed by atoms with van der Waals surface area (Å²) < 4.78 is 0. The Morgan fingerprint density at radius 1 is 1.12 bits per heavy atom. The fraction of sp³-hybridized carbons (Fsp3) is 0.294. The largest absolute Gasteiger partial charge is 0.347 e. The van der Waals surface area contributed by atoms with Crippen molar-refractivity contribution in [2.24, 2.45) is 0 Å². The smallest absolute Gasteiger partial charge is 0.150 e. The van der Waals surface area contributed by atoms with E-state index in [2.05, 4.69) is 47.3 Å². The predicted molar refractivity (Wildman–Crippen MR) is 90.5 cm³/mol. The third kappa shape index (κ3) is 3.26. The third-order valence-corrected chi connectivity index (χ3v) is 4.28. The van der Waals surface area contributed by atoms with Crippen molar-refractivity contribution in [3.05, 3.63) is 60.7 Å². The minimum absolute atomic E-state index is 0.402. The summed E-state index contributed by atoms with van der Waals surface area (Å²) in [5.74, 6) is 1.49. The molecule has 0 spiro atoms. The van der Waals surface area contributed by atoms with E-state index in [1.165, 1.54) is 12.0 Å². The fourth-order valence-corrected chi connectivity index (χ4v) is 3.20. The van der Waals surface area contributed by atoms with Crippen LogP contribution in [0, 0.1) is 0 Å². The van der Waals surface area contributed by atoms with Gasteiger partial charge in [0.05, 0.1) is 12.5 Å². The second-order valence-electron chi connectivity index (χ2n) is 5.90. The van der Waals surface area contributed by atoms with Crippen molar-refractivity contribution in [3.63, 3.8) is 0 Å². The number of H-pyrrole nitrogens is 1. The molecule has 0 saturated carbocycles. The summed E-state index contributed by atoms with van der Waals surface area (Å²) in [6.45, 7) is 1.98. The number of hydrogen-bond donors (Lipinski definition) is 2. The maximum Gasteiger partial charge on any atom is 0.150 e. The Bertz CT molecular complexity index is 773. The Hall–Kier alpha value is -2.80. The zero-order valence-corrected chi connectivity index (χ0v) is 13.3. The van der Waals surface area contributed by atoms with Crippen LogP contribution in [-0.2, 0) is 6.54 Å². The molecule has 4 heterocycles. The molecule has 0 amide bonds. The van der Waals surface area contributed by atoms with Gasteiger partial charge >= 0.3 is 0 Å². The van der Waals surface area contributed by atoms with Gasteiger partial charge in [0.25, 0.3) is 0 Å². The number of aromatic nitrogens is 5. The van der Waals surface area contributed by atoms with E-state index in [1.807, 2.05) is 12.4 Å². The van der Waals surface area contributed by atoms with Crippen molar-refractivity contribution >= 4 is 11.6 Å². The van der Waals surface area contributed by atoms with Crippen molar-refractivity contribution in [3.8, 4) is 0 Å². The number of imidazole rings is 1. The van der Waals surface area contributed by atoms with Crippen LogP contribution in [0.15, 0.2) is 49.4 Å². The monoisotopic (exact) mass is 321 g/mol. The number of rotatable bonds is 5. The number of likely N-dealkylation sites (tertiary alicyclic amines) is 1. The van der Waals surface area contributed by atoms with E-state index in [-0.39, 0.29) is 0 Å². The van der Waals surface area contributed by atoms with Crippen LogP contribution < -0.4 is 5.32 Å². The third-order valence-electron chi connectivity index (χ3n) is 4.28. The van der Waals surface area contributed by atoms with Crippen molar-refractivity contribution in [2.45, 2.75) is 25.4 Å². The van der Waals surface area contributed by atoms with Gasteiger partial charge in [0, 0.05) is 43.1 Å². The molecular formula is C17H19N7. The highest BCUT2D eigenvalue weighted by Crippen LogP contribution is 2.33. The first-order valence-corrected chi connectivity index (χ1v) is 8.09. The Balaban J connectivity index is 1.51. The number of hydrogen-bond acceptors (Lipinski definition) is 6. The molecule has 1 aliphatic heterocycles. The van der Waals surface area contributed by atoms with Gasteiger partial charge in [-0.05, 0) is 37.1 Å². The maximum absolute atomic E-state index is 4.39. The summed E-state index contributed by atoms with van der Waals surface area (Å²) in [5.41, 5.74) is 2.42. The normalized spacial score (nSPS) is 17.9. The fourth-order valence-electron chi connectivity index (χ4n) is 3.20. The average molecular weight is 321 g/mol. The lowest BCUT2D eigenvalue weighted by Crippen LogP contribution is -2.23. The van der Waals surface area contributed by atoms with E-state index in [0.717, 1.165) is 31.0 Å². The van der Waals surface area contributed by atoms with Crippen LogP contribution in [0.5, 0.6) is 0 Å². The summed E-state index contributed by atoms with van der Waals surface area (Å²) in [6, 6.07) is 4.60. The van der Waals surface area contributed by atoms with Gasteiger partial charge in [0.15, 0.2) is 0 Å². The molecule has 24 heavy (non-hydrogen) atoms. The van der Waals surface area contributed by atoms with Crippen LogP contribution in [0.3, 0.4) is 0 Å². The van der Waals surface area contributed by atoms with E-state index in [4.69, 9.17) is 0 Å².